The number of piperidine rings is 1. The van der Waals surface area contributed by atoms with Gasteiger partial charge in [0.1, 0.15) is 0 Å². The predicted molar refractivity (Wildman–Crippen MR) is 110 cm³/mol. The molecule has 1 aliphatic heterocycles. The molecule has 1 heterocycles. The van der Waals surface area contributed by atoms with E-state index in [0.717, 1.165) is 24.9 Å². The highest BCUT2D eigenvalue weighted by molar-refractivity contribution is 7.88. The molecule has 0 aliphatic carbocycles. The van der Waals surface area contributed by atoms with Crippen LogP contribution in [0.25, 0.3) is 0 Å². The first-order valence-electron chi connectivity index (χ1n) is 10.3. The Kier molecular flexibility index (Phi) is 8.77. The van der Waals surface area contributed by atoms with Gasteiger partial charge in [0.2, 0.25) is 15.9 Å². The summed E-state index contributed by atoms with van der Waals surface area (Å²) < 4.78 is 26.8. The summed E-state index contributed by atoms with van der Waals surface area (Å²) in [5, 5.41) is 3.10. The fourth-order valence-electron chi connectivity index (χ4n) is 3.60. The van der Waals surface area contributed by atoms with E-state index in [9.17, 15) is 13.2 Å². The number of benzene rings is 1. The van der Waals surface area contributed by atoms with Crippen molar-refractivity contribution >= 4 is 15.9 Å². The normalized spacial score (nSPS) is 17.6. The first-order valence-corrected chi connectivity index (χ1v) is 11.9. The first-order chi connectivity index (χ1) is 13.0. The molecule has 1 aliphatic rings. The van der Waals surface area contributed by atoms with Crippen molar-refractivity contribution in [2.45, 2.75) is 58.1 Å². The van der Waals surface area contributed by atoms with Crippen LogP contribution in [0.4, 0.5) is 0 Å². The van der Waals surface area contributed by atoms with Crippen LogP contribution in [0.3, 0.4) is 0 Å². The molecule has 1 aromatic carbocycles. The minimum Gasteiger partial charge on any atom is -0.356 e. The van der Waals surface area contributed by atoms with E-state index in [1.54, 1.807) is 4.31 Å². The van der Waals surface area contributed by atoms with Crippen LogP contribution in [0.1, 0.15) is 57.9 Å². The Labute approximate surface area is 164 Å². The summed E-state index contributed by atoms with van der Waals surface area (Å²) in [5.74, 6) is 0.586. The molecule has 6 heteroatoms. The van der Waals surface area contributed by atoms with E-state index in [2.05, 4.69) is 19.2 Å². The molecule has 1 N–H and O–H groups in total. The van der Waals surface area contributed by atoms with Gasteiger partial charge in [-0.15, -0.1) is 0 Å². The Bertz CT molecular complexity index is 668. The highest BCUT2D eigenvalue weighted by atomic mass is 32.2. The Hall–Kier alpha value is -1.40. The predicted octanol–water partition coefficient (Wildman–Crippen LogP) is 3.56. The summed E-state index contributed by atoms with van der Waals surface area (Å²) in [6, 6.07) is 9.25. The average molecular weight is 395 g/mol. The van der Waals surface area contributed by atoms with Gasteiger partial charge in [0, 0.05) is 25.6 Å². The van der Waals surface area contributed by atoms with E-state index >= 15 is 0 Å². The molecule has 2 rings (SSSR count). The van der Waals surface area contributed by atoms with E-state index in [1.807, 2.05) is 30.3 Å². The molecule has 1 amide bonds. The summed E-state index contributed by atoms with van der Waals surface area (Å²) >= 11 is 0. The van der Waals surface area contributed by atoms with Gasteiger partial charge in [-0.2, -0.15) is 0 Å². The lowest BCUT2D eigenvalue weighted by molar-refractivity contribution is -0.126. The van der Waals surface area contributed by atoms with Gasteiger partial charge < -0.3 is 5.32 Å². The zero-order chi connectivity index (χ0) is 19.7. The minimum absolute atomic E-state index is 0.0281. The Balaban J connectivity index is 1.79. The molecule has 152 valence electrons. The van der Waals surface area contributed by atoms with Gasteiger partial charge in [-0.3, -0.25) is 4.79 Å². The lowest BCUT2D eigenvalue weighted by atomic mass is 9.95. The second-order valence-corrected chi connectivity index (χ2v) is 9.55. The van der Waals surface area contributed by atoms with Crippen LogP contribution >= 0.6 is 0 Å². The van der Waals surface area contributed by atoms with Crippen molar-refractivity contribution in [1.29, 1.82) is 0 Å². The molecule has 0 spiro atoms. The molecular weight excluding hydrogens is 360 g/mol. The number of nitrogens with zero attached hydrogens (tertiary/aromatic N) is 1. The second kappa shape index (κ2) is 10.8. The standard InChI is InChI=1S/C21H34N2O3S/c1-3-5-9-18(4-2)16-22-21(24)20-12-14-23(15-13-20)27(25,26)17-19-10-7-6-8-11-19/h6-8,10-11,18,20H,3-5,9,12-17H2,1-2H3,(H,22,24)/t18-/m1/s1. The second-order valence-electron chi connectivity index (χ2n) is 7.58. The number of carbonyl (C=O) groups excluding carboxylic acids is 1. The third-order valence-corrected chi connectivity index (χ3v) is 7.37. The van der Waals surface area contributed by atoms with Crippen molar-refractivity contribution in [3.05, 3.63) is 35.9 Å². The zero-order valence-corrected chi connectivity index (χ0v) is 17.5. The number of nitrogens with one attached hydrogen (secondary N) is 1. The molecular formula is C21H34N2O3S. The van der Waals surface area contributed by atoms with E-state index in [-0.39, 0.29) is 17.6 Å². The van der Waals surface area contributed by atoms with E-state index in [4.69, 9.17) is 0 Å². The smallest absolute Gasteiger partial charge is 0.223 e. The van der Waals surface area contributed by atoms with Gasteiger partial charge in [-0.1, -0.05) is 63.4 Å². The van der Waals surface area contributed by atoms with Gasteiger partial charge in [-0.25, -0.2) is 12.7 Å². The molecule has 5 nitrogen and oxygen atoms in total. The van der Waals surface area contributed by atoms with Gasteiger partial charge in [0.15, 0.2) is 0 Å². The van der Waals surface area contributed by atoms with Gasteiger partial charge >= 0.3 is 0 Å². The first kappa shape index (κ1) is 21.9. The number of unbranched alkanes of at least 4 members (excludes halogenated alkanes) is 1. The molecule has 0 bridgehead atoms. The van der Waals surface area contributed by atoms with Crippen molar-refractivity contribution in [2.75, 3.05) is 19.6 Å². The molecule has 1 fully saturated rings. The van der Waals surface area contributed by atoms with E-state index < -0.39 is 10.0 Å². The van der Waals surface area contributed by atoms with Gasteiger partial charge in [0.25, 0.3) is 0 Å². The van der Waals surface area contributed by atoms with E-state index in [1.165, 1.54) is 12.8 Å². The van der Waals surface area contributed by atoms with Gasteiger partial charge in [0.05, 0.1) is 5.75 Å². The van der Waals surface area contributed by atoms with Crippen molar-refractivity contribution in [3.8, 4) is 0 Å². The van der Waals surface area contributed by atoms with Crippen LogP contribution in [0.15, 0.2) is 30.3 Å². The lowest BCUT2D eigenvalue weighted by Gasteiger charge is -2.31. The van der Waals surface area contributed by atoms with Crippen LogP contribution in [0, 0.1) is 11.8 Å². The van der Waals surface area contributed by atoms with E-state index in [0.29, 0.717) is 31.8 Å². The monoisotopic (exact) mass is 394 g/mol. The highest BCUT2D eigenvalue weighted by Gasteiger charge is 2.31. The van der Waals surface area contributed by atoms with Crippen LogP contribution in [-0.2, 0) is 20.6 Å². The fourth-order valence-corrected chi connectivity index (χ4v) is 5.17. The van der Waals surface area contributed by atoms with Crippen LogP contribution in [0.5, 0.6) is 0 Å². The van der Waals surface area contributed by atoms with Gasteiger partial charge in [-0.05, 0) is 30.7 Å². The summed E-state index contributed by atoms with van der Waals surface area (Å²) in [5.41, 5.74) is 0.801. The maximum absolute atomic E-state index is 12.6. The summed E-state index contributed by atoms with van der Waals surface area (Å²) in [6.07, 6.45) is 5.82. The topological polar surface area (TPSA) is 66.5 Å². The Morgan fingerprint density at radius 2 is 1.85 bits per heavy atom. The SMILES string of the molecule is CCCC[C@@H](CC)CNC(=O)C1CCN(S(=O)(=O)Cc2ccccc2)CC1. The number of hydrogen-bond donors (Lipinski definition) is 1. The molecule has 0 saturated carbocycles. The van der Waals surface area contributed by atoms with Crippen molar-refractivity contribution in [3.63, 3.8) is 0 Å². The maximum atomic E-state index is 12.6. The molecule has 27 heavy (non-hydrogen) atoms. The number of amides is 1. The Morgan fingerprint density at radius 3 is 2.44 bits per heavy atom. The van der Waals surface area contributed by atoms with Crippen LogP contribution < -0.4 is 5.32 Å². The number of hydrogen-bond acceptors (Lipinski definition) is 3. The highest BCUT2D eigenvalue weighted by Crippen LogP contribution is 2.22. The van der Waals surface area contributed by atoms with Crippen LogP contribution in [-0.4, -0.2) is 38.3 Å². The molecule has 1 aromatic rings. The third-order valence-electron chi connectivity index (χ3n) is 5.52. The minimum atomic E-state index is -3.32. The zero-order valence-electron chi connectivity index (χ0n) is 16.7. The average Bonchev–Trinajstić information content (AvgIpc) is 2.68. The third kappa shape index (κ3) is 6.92. The summed E-state index contributed by atoms with van der Waals surface area (Å²) in [6.45, 7) is 5.95. The molecule has 0 aromatic heterocycles. The molecule has 1 saturated heterocycles. The number of sulfonamides is 1. The Morgan fingerprint density at radius 1 is 1.19 bits per heavy atom. The number of rotatable bonds is 10. The largest absolute Gasteiger partial charge is 0.356 e. The molecule has 1 atom stereocenters. The summed E-state index contributed by atoms with van der Waals surface area (Å²) in [4.78, 5) is 12.5. The molecule has 0 unspecified atom stereocenters. The van der Waals surface area contributed by atoms with Crippen molar-refractivity contribution in [1.82, 2.24) is 9.62 Å². The fraction of sp³-hybridized carbons (Fsp3) is 0.667. The maximum Gasteiger partial charge on any atom is 0.223 e. The van der Waals surface area contributed by atoms with Crippen molar-refractivity contribution < 1.29 is 13.2 Å². The molecule has 0 radical (unpaired) electrons. The van der Waals surface area contributed by atoms with Crippen LogP contribution in [0.2, 0.25) is 0 Å². The number of carbonyl (C=O) groups is 1. The lowest BCUT2D eigenvalue weighted by Crippen LogP contribution is -2.44. The summed E-state index contributed by atoms with van der Waals surface area (Å²) in [7, 11) is -3.32. The van der Waals surface area contributed by atoms with Crippen molar-refractivity contribution in [2.24, 2.45) is 11.8 Å². The quantitative estimate of drug-likeness (QED) is 0.660.